The maximum absolute atomic E-state index is 8.55. The Labute approximate surface area is 79.9 Å². The smallest absolute Gasteiger partial charge is 0.0438 e. The van der Waals surface area contributed by atoms with Crippen LogP contribution in [0.4, 0.5) is 0 Å². The summed E-state index contributed by atoms with van der Waals surface area (Å²) in [4.78, 5) is 0. The van der Waals surface area contributed by atoms with Gasteiger partial charge in [-0.05, 0) is 17.6 Å². The van der Waals surface area contributed by atoms with Crippen molar-refractivity contribution < 1.29 is 5.11 Å². The molecule has 0 aromatic carbocycles. The highest BCUT2D eigenvalue weighted by Crippen LogP contribution is 2.20. The normalized spacial score (nSPS) is 14.8. The fraction of sp³-hybridized carbons (Fsp3) is 1.00. The molecule has 0 aromatic rings. The maximum atomic E-state index is 8.55. The third-order valence-corrected chi connectivity index (χ3v) is 3.03. The number of aliphatic hydroxyl groups is 1. The molecular formula is C9H21NOS. The van der Waals surface area contributed by atoms with Crippen LogP contribution >= 0.6 is 11.8 Å². The van der Waals surface area contributed by atoms with Crippen LogP contribution in [-0.2, 0) is 0 Å². The van der Waals surface area contributed by atoms with Gasteiger partial charge < -0.3 is 10.8 Å². The number of nitrogens with two attached hydrogens (primary N) is 1. The molecule has 0 heterocycles. The van der Waals surface area contributed by atoms with Gasteiger partial charge in [0.2, 0.25) is 0 Å². The molecule has 0 aromatic heterocycles. The number of rotatable bonds is 5. The Morgan fingerprint density at radius 1 is 1.42 bits per heavy atom. The minimum absolute atomic E-state index is 0.201. The molecule has 74 valence electrons. The first-order chi connectivity index (χ1) is 5.48. The molecule has 0 rings (SSSR count). The highest BCUT2D eigenvalue weighted by molar-refractivity contribution is 7.99. The Balaban J connectivity index is 3.38. The lowest BCUT2D eigenvalue weighted by Crippen LogP contribution is -2.37. The average molecular weight is 191 g/mol. The zero-order chi connectivity index (χ0) is 9.61. The molecule has 0 saturated carbocycles. The van der Waals surface area contributed by atoms with Gasteiger partial charge in [0, 0.05) is 18.4 Å². The van der Waals surface area contributed by atoms with Crippen molar-refractivity contribution in [3.8, 4) is 0 Å². The van der Waals surface area contributed by atoms with Crippen molar-refractivity contribution in [3.05, 3.63) is 0 Å². The first-order valence-corrected chi connectivity index (χ1v) is 5.58. The topological polar surface area (TPSA) is 46.2 Å². The van der Waals surface area contributed by atoms with E-state index in [0.717, 1.165) is 17.9 Å². The minimum atomic E-state index is 0.201. The van der Waals surface area contributed by atoms with Crippen molar-refractivity contribution in [1.82, 2.24) is 0 Å². The Hall–Kier alpha value is 0.270. The summed E-state index contributed by atoms with van der Waals surface area (Å²) in [6.45, 7) is 6.76. The quantitative estimate of drug-likeness (QED) is 0.647. The Kier molecular flexibility index (Phi) is 5.97. The lowest BCUT2D eigenvalue weighted by Gasteiger charge is -2.26. The number of hydrogen-bond donors (Lipinski definition) is 2. The molecule has 1 unspecified atom stereocenters. The van der Waals surface area contributed by atoms with Crippen LogP contribution in [0.25, 0.3) is 0 Å². The van der Waals surface area contributed by atoms with Gasteiger partial charge in [0.05, 0.1) is 0 Å². The third kappa shape index (κ3) is 5.86. The Bertz CT molecular complexity index is 112. The fourth-order valence-corrected chi connectivity index (χ4v) is 1.88. The summed E-state index contributed by atoms with van der Waals surface area (Å²) >= 11 is 1.83. The van der Waals surface area contributed by atoms with E-state index in [0.29, 0.717) is 0 Å². The first kappa shape index (κ1) is 12.3. The Morgan fingerprint density at radius 2 is 2.00 bits per heavy atom. The SMILES string of the molecule is CC(C)(C)C(N)CSCCCO. The van der Waals surface area contributed by atoms with Crippen LogP contribution in [-0.4, -0.2) is 29.3 Å². The summed E-state index contributed by atoms with van der Waals surface area (Å²) in [6.07, 6.45) is 0.877. The highest BCUT2D eigenvalue weighted by Gasteiger charge is 2.19. The van der Waals surface area contributed by atoms with Gasteiger partial charge in [-0.15, -0.1) is 0 Å². The lowest BCUT2D eigenvalue weighted by molar-refractivity contribution is 0.296. The highest BCUT2D eigenvalue weighted by atomic mass is 32.2. The second-order valence-corrected chi connectivity index (χ2v) is 5.27. The van der Waals surface area contributed by atoms with E-state index in [4.69, 9.17) is 10.8 Å². The summed E-state index contributed by atoms with van der Waals surface area (Å²) in [7, 11) is 0. The average Bonchev–Trinajstić information content (AvgIpc) is 1.96. The van der Waals surface area contributed by atoms with Crippen LogP contribution in [0.3, 0.4) is 0 Å². The molecule has 2 nitrogen and oxygen atoms in total. The van der Waals surface area contributed by atoms with Crippen molar-refractivity contribution in [2.75, 3.05) is 18.1 Å². The molecule has 0 aliphatic carbocycles. The maximum Gasteiger partial charge on any atom is 0.0438 e. The Morgan fingerprint density at radius 3 is 2.42 bits per heavy atom. The molecule has 0 aliphatic rings. The van der Waals surface area contributed by atoms with E-state index in [9.17, 15) is 0 Å². The fourth-order valence-electron chi connectivity index (χ4n) is 0.627. The summed E-state index contributed by atoms with van der Waals surface area (Å²) in [6, 6.07) is 0.251. The number of aliphatic hydroxyl groups excluding tert-OH is 1. The van der Waals surface area contributed by atoms with E-state index in [1.54, 1.807) is 0 Å². The second kappa shape index (κ2) is 5.84. The molecule has 3 N–H and O–H groups in total. The van der Waals surface area contributed by atoms with Gasteiger partial charge in [0.15, 0.2) is 0 Å². The summed E-state index contributed by atoms with van der Waals surface area (Å²) in [5, 5.41) is 8.55. The zero-order valence-electron chi connectivity index (χ0n) is 8.34. The molecule has 12 heavy (non-hydrogen) atoms. The van der Waals surface area contributed by atoms with E-state index in [1.807, 2.05) is 11.8 Å². The van der Waals surface area contributed by atoms with Crippen LogP contribution in [0.1, 0.15) is 27.2 Å². The standard InChI is InChI=1S/C9H21NOS/c1-9(2,3)8(10)7-12-6-4-5-11/h8,11H,4-7,10H2,1-3H3. The van der Waals surface area contributed by atoms with Gasteiger partial charge >= 0.3 is 0 Å². The summed E-state index contributed by atoms with van der Waals surface area (Å²) in [5.41, 5.74) is 6.15. The lowest BCUT2D eigenvalue weighted by atomic mass is 9.89. The van der Waals surface area contributed by atoms with E-state index in [1.165, 1.54) is 0 Å². The predicted molar refractivity (Wildman–Crippen MR) is 56.5 cm³/mol. The zero-order valence-corrected chi connectivity index (χ0v) is 9.16. The van der Waals surface area contributed by atoms with Crippen LogP contribution in [0.2, 0.25) is 0 Å². The van der Waals surface area contributed by atoms with Gasteiger partial charge in [0.25, 0.3) is 0 Å². The summed E-state index contributed by atoms with van der Waals surface area (Å²) in [5.74, 6) is 2.00. The van der Waals surface area contributed by atoms with Gasteiger partial charge in [-0.3, -0.25) is 0 Å². The van der Waals surface area contributed by atoms with E-state index < -0.39 is 0 Å². The van der Waals surface area contributed by atoms with Crippen molar-refractivity contribution in [1.29, 1.82) is 0 Å². The van der Waals surface area contributed by atoms with Crippen LogP contribution < -0.4 is 5.73 Å². The largest absolute Gasteiger partial charge is 0.396 e. The molecule has 0 amide bonds. The van der Waals surface area contributed by atoms with Crippen molar-refractivity contribution >= 4 is 11.8 Å². The van der Waals surface area contributed by atoms with E-state index in [-0.39, 0.29) is 18.1 Å². The molecular weight excluding hydrogens is 170 g/mol. The molecule has 0 radical (unpaired) electrons. The molecule has 0 fully saturated rings. The van der Waals surface area contributed by atoms with Gasteiger partial charge in [0.1, 0.15) is 0 Å². The summed E-state index contributed by atoms with van der Waals surface area (Å²) < 4.78 is 0. The number of thioether (sulfide) groups is 1. The second-order valence-electron chi connectivity index (χ2n) is 4.12. The van der Waals surface area contributed by atoms with Crippen molar-refractivity contribution in [3.63, 3.8) is 0 Å². The molecule has 0 bridgehead atoms. The molecule has 1 atom stereocenters. The van der Waals surface area contributed by atoms with Gasteiger partial charge in [-0.2, -0.15) is 11.8 Å². The molecule has 3 heteroatoms. The monoisotopic (exact) mass is 191 g/mol. The van der Waals surface area contributed by atoms with Crippen LogP contribution in [0.15, 0.2) is 0 Å². The first-order valence-electron chi connectivity index (χ1n) is 4.42. The molecule has 0 aliphatic heterocycles. The van der Waals surface area contributed by atoms with E-state index in [2.05, 4.69) is 20.8 Å². The third-order valence-electron chi connectivity index (χ3n) is 1.86. The van der Waals surface area contributed by atoms with Gasteiger partial charge in [-0.1, -0.05) is 20.8 Å². The van der Waals surface area contributed by atoms with Crippen molar-refractivity contribution in [2.45, 2.75) is 33.2 Å². The predicted octanol–water partition coefficient (Wildman–Crippen LogP) is 1.48. The molecule has 0 saturated heterocycles. The molecule has 0 spiro atoms. The van der Waals surface area contributed by atoms with Crippen LogP contribution in [0.5, 0.6) is 0 Å². The van der Waals surface area contributed by atoms with Gasteiger partial charge in [-0.25, -0.2) is 0 Å². The van der Waals surface area contributed by atoms with E-state index >= 15 is 0 Å². The minimum Gasteiger partial charge on any atom is -0.396 e. The van der Waals surface area contributed by atoms with Crippen LogP contribution in [0, 0.1) is 5.41 Å². The van der Waals surface area contributed by atoms with Crippen molar-refractivity contribution in [2.24, 2.45) is 11.1 Å². The number of hydrogen-bond acceptors (Lipinski definition) is 3.